The van der Waals surface area contributed by atoms with Gasteiger partial charge in [0.25, 0.3) is 5.91 Å². The molecular formula is C16H19N3O5S. The number of esters is 1. The molecule has 1 saturated heterocycles. The molecule has 25 heavy (non-hydrogen) atoms. The van der Waals surface area contributed by atoms with Crippen LogP contribution in [0.5, 0.6) is 5.75 Å². The van der Waals surface area contributed by atoms with Gasteiger partial charge >= 0.3 is 5.97 Å². The number of nitrogens with zero attached hydrogens (tertiary/aromatic N) is 1. The molecule has 1 atom stereocenters. The average Bonchev–Trinajstić information content (AvgIpc) is 2.63. The molecule has 1 aromatic rings. The summed E-state index contributed by atoms with van der Waals surface area (Å²) in [5.41, 5.74) is 0.397. The first-order valence-electron chi connectivity index (χ1n) is 7.56. The lowest BCUT2D eigenvalue weighted by atomic mass is 10.1. The van der Waals surface area contributed by atoms with Crippen LogP contribution in [-0.4, -0.2) is 61.1 Å². The van der Waals surface area contributed by atoms with Crippen LogP contribution in [0.4, 0.5) is 0 Å². The maximum absolute atomic E-state index is 12.3. The van der Waals surface area contributed by atoms with Crippen molar-refractivity contribution in [2.75, 3.05) is 27.3 Å². The normalized spacial score (nSPS) is 16.6. The van der Waals surface area contributed by atoms with Gasteiger partial charge in [0.05, 0.1) is 20.6 Å². The predicted molar refractivity (Wildman–Crippen MR) is 93.2 cm³/mol. The number of carbonyl (C=O) groups excluding carboxylic acids is 3. The molecule has 0 saturated carbocycles. The van der Waals surface area contributed by atoms with E-state index in [1.54, 1.807) is 24.3 Å². The first-order chi connectivity index (χ1) is 12.0. The van der Waals surface area contributed by atoms with Crippen LogP contribution in [0.1, 0.15) is 16.8 Å². The first-order valence-corrected chi connectivity index (χ1v) is 7.97. The lowest BCUT2D eigenvalue weighted by Gasteiger charge is -2.36. The quantitative estimate of drug-likeness (QED) is 0.576. The number of hydrogen-bond donors (Lipinski definition) is 2. The van der Waals surface area contributed by atoms with Crippen molar-refractivity contribution < 1.29 is 23.9 Å². The van der Waals surface area contributed by atoms with E-state index in [2.05, 4.69) is 15.4 Å². The van der Waals surface area contributed by atoms with Crippen molar-refractivity contribution in [1.82, 2.24) is 15.5 Å². The third-order valence-corrected chi connectivity index (χ3v) is 4.09. The van der Waals surface area contributed by atoms with Gasteiger partial charge < -0.3 is 19.7 Å². The van der Waals surface area contributed by atoms with E-state index in [4.69, 9.17) is 17.0 Å². The second-order valence-electron chi connectivity index (χ2n) is 5.27. The first kappa shape index (κ1) is 18.7. The molecule has 2 amide bonds. The fourth-order valence-corrected chi connectivity index (χ4v) is 2.70. The van der Waals surface area contributed by atoms with Gasteiger partial charge in [-0.15, -0.1) is 0 Å². The maximum atomic E-state index is 12.3. The zero-order chi connectivity index (χ0) is 18.4. The summed E-state index contributed by atoms with van der Waals surface area (Å²) in [7, 11) is 2.78. The van der Waals surface area contributed by atoms with Gasteiger partial charge in [0.1, 0.15) is 11.8 Å². The van der Waals surface area contributed by atoms with Gasteiger partial charge in [-0.3, -0.25) is 19.7 Å². The van der Waals surface area contributed by atoms with Gasteiger partial charge in [-0.25, -0.2) is 0 Å². The van der Waals surface area contributed by atoms with Crippen LogP contribution in [0.15, 0.2) is 24.3 Å². The van der Waals surface area contributed by atoms with Crippen LogP contribution in [-0.2, 0) is 14.3 Å². The molecule has 1 heterocycles. The van der Waals surface area contributed by atoms with Crippen molar-refractivity contribution in [2.45, 2.75) is 12.5 Å². The largest absolute Gasteiger partial charge is 0.497 e. The second-order valence-corrected chi connectivity index (χ2v) is 5.65. The van der Waals surface area contributed by atoms with E-state index in [0.717, 1.165) is 0 Å². The zero-order valence-electron chi connectivity index (χ0n) is 13.9. The fourth-order valence-electron chi connectivity index (χ4n) is 2.39. The van der Waals surface area contributed by atoms with E-state index in [0.29, 0.717) is 24.4 Å². The molecule has 9 heteroatoms. The highest BCUT2D eigenvalue weighted by atomic mass is 32.1. The molecular weight excluding hydrogens is 346 g/mol. The molecule has 0 spiro atoms. The van der Waals surface area contributed by atoms with Crippen molar-refractivity contribution >= 4 is 35.1 Å². The Kier molecular flexibility index (Phi) is 6.29. The number of amides is 2. The molecule has 0 aromatic heterocycles. The van der Waals surface area contributed by atoms with Crippen LogP contribution in [0, 0.1) is 0 Å². The molecule has 134 valence electrons. The summed E-state index contributed by atoms with van der Waals surface area (Å²) in [5, 5.41) is 5.35. The number of nitrogens with one attached hydrogen (secondary N) is 2. The summed E-state index contributed by atoms with van der Waals surface area (Å²) in [4.78, 5) is 37.4. The van der Waals surface area contributed by atoms with E-state index in [9.17, 15) is 14.4 Å². The van der Waals surface area contributed by atoms with Gasteiger partial charge in [0.2, 0.25) is 5.91 Å². The van der Waals surface area contributed by atoms with Gasteiger partial charge in [0.15, 0.2) is 5.11 Å². The lowest BCUT2D eigenvalue weighted by Crippen LogP contribution is -2.60. The van der Waals surface area contributed by atoms with Gasteiger partial charge in [0, 0.05) is 18.7 Å². The van der Waals surface area contributed by atoms with Gasteiger partial charge in [-0.1, -0.05) is 0 Å². The number of benzene rings is 1. The van der Waals surface area contributed by atoms with Crippen molar-refractivity contribution in [3.63, 3.8) is 0 Å². The molecule has 1 aliphatic heterocycles. The van der Waals surface area contributed by atoms with Crippen LogP contribution in [0.2, 0.25) is 0 Å². The van der Waals surface area contributed by atoms with Crippen molar-refractivity contribution in [1.29, 1.82) is 0 Å². The Balaban J connectivity index is 2.06. The lowest BCUT2D eigenvalue weighted by molar-refractivity contribution is -0.144. The molecule has 2 rings (SSSR count). The number of rotatable bonds is 4. The zero-order valence-corrected chi connectivity index (χ0v) is 14.7. The third-order valence-electron chi connectivity index (χ3n) is 3.75. The van der Waals surface area contributed by atoms with Gasteiger partial charge in [-0.2, -0.15) is 0 Å². The monoisotopic (exact) mass is 365 g/mol. The summed E-state index contributed by atoms with van der Waals surface area (Å²) in [5.74, 6) is -0.644. The molecule has 0 radical (unpaired) electrons. The predicted octanol–water partition coefficient (Wildman–Crippen LogP) is 0.0734. The van der Waals surface area contributed by atoms with E-state index in [1.165, 1.54) is 19.1 Å². The summed E-state index contributed by atoms with van der Waals surface area (Å²) in [6.45, 7) is 0.754. The minimum atomic E-state index is -0.815. The SMILES string of the molecule is COC(=O)CC1C(=O)NCCN1C(=S)NC(=O)c1ccc(OC)cc1. The Morgan fingerprint density at radius 1 is 1.32 bits per heavy atom. The van der Waals surface area contributed by atoms with Crippen molar-refractivity contribution in [3.05, 3.63) is 29.8 Å². The van der Waals surface area contributed by atoms with Gasteiger partial charge in [-0.05, 0) is 36.5 Å². The van der Waals surface area contributed by atoms with E-state index >= 15 is 0 Å². The van der Waals surface area contributed by atoms with Crippen LogP contribution in [0.3, 0.4) is 0 Å². The molecule has 2 N–H and O–H groups in total. The molecule has 0 aliphatic carbocycles. The van der Waals surface area contributed by atoms with E-state index in [-0.39, 0.29) is 17.4 Å². The second kappa shape index (κ2) is 8.43. The maximum Gasteiger partial charge on any atom is 0.308 e. The molecule has 0 bridgehead atoms. The Bertz CT molecular complexity index is 677. The molecule has 1 aliphatic rings. The standard InChI is InChI=1S/C16H19N3O5S/c1-23-11-5-3-10(4-6-11)14(21)18-16(25)19-8-7-17-15(22)12(19)9-13(20)24-2/h3-6,12H,7-9H2,1-2H3,(H,17,22)(H,18,21,25). The van der Waals surface area contributed by atoms with Crippen LogP contribution in [0.25, 0.3) is 0 Å². The Hall–Kier alpha value is -2.68. The Morgan fingerprint density at radius 3 is 2.60 bits per heavy atom. The molecule has 1 unspecified atom stereocenters. The fraction of sp³-hybridized carbons (Fsp3) is 0.375. The van der Waals surface area contributed by atoms with Crippen LogP contribution < -0.4 is 15.4 Å². The highest BCUT2D eigenvalue weighted by Gasteiger charge is 2.34. The molecule has 1 fully saturated rings. The number of piperazine rings is 1. The number of hydrogen-bond acceptors (Lipinski definition) is 6. The molecule has 8 nitrogen and oxygen atoms in total. The van der Waals surface area contributed by atoms with Crippen molar-refractivity contribution in [3.8, 4) is 5.75 Å². The summed E-state index contributed by atoms with van der Waals surface area (Å²) < 4.78 is 9.66. The van der Waals surface area contributed by atoms with E-state index < -0.39 is 17.9 Å². The minimum absolute atomic E-state index is 0.0876. The number of ether oxygens (including phenoxy) is 2. The molecule has 1 aromatic carbocycles. The summed E-state index contributed by atoms with van der Waals surface area (Å²) in [6.07, 6.45) is -0.152. The smallest absolute Gasteiger partial charge is 0.308 e. The third kappa shape index (κ3) is 4.66. The summed E-state index contributed by atoms with van der Waals surface area (Å²) >= 11 is 5.26. The number of carbonyl (C=O) groups is 3. The summed E-state index contributed by atoms with van der Waals surface area (Å²) in [6, 6.07) is 5.71. The Morgan fingerprint density at radius 2 is 2.00 bits per heavy atom. The highest BCUT2D eigenvalue weighted by molar-refractivity contribution is 7.80. The minimum Gasteiger partial charge on any atom is -0.497 e. The number of methoxy groups -OCH3 is 2. The number of thiocarbonyl (C=S) groups is 1. The van der Waals surface area contributed by atoms with E-state index in [1.807, 2.05) is 0 Å². The topological polar surface area (TPSA) is 97.0 Å². The highest BCUT2D eigenvalue weighted by Crippen LogP contribution is 2.13. The van der Waals surface area contributed by atoms with Crippen molar-refractivity contribution in [2.24, 2.45) is 0 Å². The Labute approximate surface area is 150 Å². The van der Waals surface area contributed by atoms with Crippen LogP contribution >= 0.6 is 12.2 Å². The average molecular weight is 365 g/mol.